The number of carbonyl (C=O) groups is 1. The Morgan fingerprint density at radius 1 is 1.12 bits per heavy atom. The number of rotatable bonds is 9. The summed E-state index contributed by atoms with van der Waals surface area (Å²) >= 11 is 6.02. The van der Waals surface area contributed by atoms with Crippen LogP contribution in [0.2, 0.25) is 5.02 Å². The molecule has 34 heavy (non-hydrogen) atoms. The zero-order valence-corrected chi connectivity index (χ0v) is 19.7. The highest BCUT2D eigenvalue weighted by molar-refractivity contribution is 7.89. The first-order valence-corrected chi connectivity index (χ1v) is 11.9. The fourth-order valence-corrected chi connectivity index (χ4v) is 4.54. The predicted octanol–water partition coefficient (Wildman–Crippen LogP) is 3.90. The lowest BCUT2D eigenvalue weighted by Crippen LogP contribution is -2.39. The lowest BCUT2D eigenvalue weighted by molar-refractivity contribution is -0.384. The number of nitro groups is 1. The van der Waals surface area contributed by atoms with Crippen LogP contribution in [0, 0.1) is 17.0 Å². The van der Waals surface area contributed by atoms with E-state index in [2.05, 4.69) is 10.5 Å². The summed E-state index contributed by atoms with van der Waals surface area (Å²) in [5, 5.41) is 14.9. The molecule has 0 aromatic heterocycles. The molecule has 3 aromatic rings. The van der Waals surface area contributed by atoms with Gasteiger partial charge in [-0.2, -0.15) is 9.41 Å². The fourth-order valence-electron chi connectivity index (χ4n) is 2.99. The number of benzene rings is 3. The maximum Gasteiger partial charge on any atom is 0.270 e. The van der Waals surface area contributed by atoms with Gasteiger partial charge in [0.15, 0.2) is 0 Å². The number of nitrogens with zero attached hydrogens (tertiary/aromatic N) is 3. The molecule has 176 valence electrons. The first-order chi connectivity index (χ1) is 16.2. The summed E-state index contributed by atoms with van der Waals surface area (Å²) < 4.78 is 27.6. The lowest BCUT2D eigenvalue weighted by Gasteiger charge is -2.21. The molecule has 0 atom stereocenters. The van der Waals surface area contributed by atoms with E-state index >= 15 is 0 Å². The van der Waals surface area contributed by atoms with Crippen LogP contribution in [0.4, 0.5) is 5.69 Å². The third kappa shape index (κ3) is 6.47. The molecule has 0 fully saturated rings. The zero-order valence-electron chi connectivity index (χ0n) is 18.1. The van der Waals surface area contributed by atoms with Crippen LogP contribution in [0.15, 0.2) is 82.8 Å². The number of hydrogen-bond donors (Lipinski definition) is 1. The van der Waals surface area contributed by atoms with Crippen molar-refractivity contribution in [3.05, 3.63) is 105 Å². The number of amides is 1. The minimum Gasteiger partial charge on any atom is -0.272 e. The van der Waals surface area contributed by atoms with Gasteiger partial charge in [-0.15, -0.1) is 0 Å². The highest BCUT2D eigenvalue weighted by Gasteiger charge is 2.27. The van der Waals surface area contributed by atoms with E-state index < -0.39 is 27.4 Å². The summed E-state index contributed by atoms with van der Waals surface area (Å²) in [5.41, 5.74) is 3.90. The molecule has 9 nitrogen and oxygen atoms in total. The molecule has 0 bridgehead atoms. The van der Waals surface area contributed by atoms with E-state index in [0.717, 1.165) is 16.1 Å². The van der Waals surface area contributed by atoms with Crippen LogP contribution in [-0.2, 0) is 21.4 Å². The number of halogens is 1. The van der Waals surface area contributed by atoms with Crippen LogP contribution in [0.25, 0.3) is 0 Å². The van der Waals surface area contributed by atoms with Crippen LogP contribution in [-0.4, -0.2) is 36.3 Å². The van der Waals surface area contributed by atoms with Crippen LogP contribution in [0.3, 0.4) is 0 Å². The van der Waals surface area contributed by atoms with Gasteiger partial charge >= 0.3 is 0 Å². The number of carbonyl (C=O) groups excluding carboxylic acids is 1. The topological polar surface area (TPSA) is 122 Å². The van der Waals surface area contributed by atoms with Crippen LogP contribution < -0.4 is 5.43 Å². The zero-order chi connectivity index (χ0) is 24.7. The van der Waals surface area contributed by atoms with Gasteiger partial charge in [0.1, 0.15) is 0 Å². The highest BCUT2D eigenvalue weighted by atomic mass is 35.5. The molecule has 0 spiro atoms. The molecule has 1 amide bonds. The first kappa shape index (κ1) is 25.0. The van der Waals surface area contributed by atoms with Gasteiger partial charge in [0.25, 0.3) is 11.6 Å². The molecule has 3 aromatic carbocycles. The third-order valence-corrected chi connectivity index (χ3v) is 6.91. The average molecular weight is 501 g/mol. The Morgan fingerprint density at radius 3 is 2.44 bits per heavy atom. The Bertz CT molecular complexity index is 1310. The van der Waals surface area contributed by atoms with Crippen molar-refractivity contribution in [3.8, 4) is 0 Å². The van der Waals surface area contributed by atoms with E-state index in [0.29, 0.717) is 5.56 Å². The summed E-state index contributed by atoms with van der Waals surface area (Å²) in [6.07, 6.45) is 1.16. The van der Waals surface area contributed by atoms with Gasteiger partial charge in [0, 0.05) is 29.3 Å². The molecule has 0 saturated heterocycles. The third-order valence-electron chi connectivity index (χ3n) is 4.76. The van der Waals surface area contributed by atoms with E-state index in [1.165, 1.54) is 30.3 Å². The van der Waals surface area contributed by atoms with Crippen LogP contribution in [0.1, 0.15) is 16.7 Å². The highest BCUT2D eigenvalue weighted by Crippen LogP contribution is 2.21. The molecule has 0 saturated carbocycles. The second kappa shape index (κ2) is 11.0. The van der Waals surface area contributed by atoms with Gasteiger partial charge in [-0.25, -0.2) is 13.8 Å². The van der Waals surface area contributed by atoms with Gasteiger partial charge in [0.05, 0.1) is 22.6 Å². The predicted molar refractivity (Wildman–Crippen MR) is 129 cm³/mol. The second-order valence-electron chi connectivity index (χ2n) is 7.33. The Hall–Kier alpha value is -3.60. The fraction of sp³-hybridized carbons (Fsp3) is 0.130. The molecule has 0 heterocycles. The Kier molecular flexibility index (Phi) is 8.11. The van der Waals surface area contributed by atoms with Crippen molar-refractivity contribution in [3.63, 3.8) is 0 Å². The number of aryl methyl sites for hydroxylation is 1. The molecule has 3 rings (SSSR count). The standard InChI is InChI=1S/C23H21ClN4O5S/c1-17-7-10-21(11-8-17)34(32,33)27(15-18-5-3-2-4-6-18)16-23(29)26-25-14-19-13-20(28(30)31)9-12-22(19)24/h2-14H,15-16H2,1H3,(H,26,29)/b25-14-. The number of nitrogens with one attached hydrogen (secondary N) is 1. The van der Waals surface area contributed by atoms with E-state index in [9.17, 15) is 23.3 Å². The van der Waals surface area contributed by atoms with Crippen LogP contribution in [0.5, 0.6) is 0 Å². The molecular formula is C23H21ClN4O5S. The Balaban J connectivity index is 1.79. The summed E-state index contributed by atoms with van der Waals surface area (Å²) in [6.45, 7) is 1.33. The van der Waals surface area contributed by atoms with Crippen molar-refractivity contribution in [1.29, 1.82) is 0 Å². The number of nitro benzene ring substituents is 1. The van der Waals surface area contributed by atoms with Gasteiger partial charge < -0.3 is 0 Å². The number of sulfonamides is 1. The minimum absolute atomic E-state index is 0.0229. The van der Waals surface area contributed by atoms with Crippen molar-refractivity contribution in [2.75, 3.05) is 6.54 Å². The second-order valence-corrected chi connectivity index (χ2v) is 9.67. The van der Waals surface area contributed by atoms with Gasteiger partial charge in [-0.1, -0.05) is 59.6 Å². The molecule has 0 aliphatic heterocycles. The molecule has 0 unspecified atom stereocenters. The monoisotopic (exact) mass is 500 g/mol. The maximum atomic E-state index is 13.3. The van der Waals surface area contributed by atoms with E-state index in [-0.39, 0.29) is 27.7 Å². The molecule has 1 N–H and O–H groups in total. The molecule has 0 radical (unpaired) electrons. The van der Waals surface area contributed by atoms with Crippen molar-refractivity contribution in [2.24, 2.45) is 5.10 Å². The summed E-state index contributed by atoms with van der Waals surface area (Å²) in [6, 6.07) is 19.0. The van der Waals surface area contributed by atoms with Crippen LogP contribution >= 0.6 is 11.6 Å². The van der Waals surface area contributed by atoms with E-state index in [1.807, 2.05) is 13.0 Å². The quantitative estimate of drug-likeness (QED) is 0.271. The maximum absolute atomic E-state index is 13.3. The Morgan fingerprint density at radius 2 is 1.79 bits per heavy atom. The summed E-state index contributed by atoms with van der Waals surface area (Å²) in [4.78, 5) is 23.0. The van der Waals surface area contributed by atoms with Crippen molar-refractivity contribution >= 4 is 39.4 Å². The number of hydrogen-bond acceptors (Lipinski definition) is 6. The normalized spacial score (nSPS) is 11.6. The average Bonchev–Trinajstić information content (AvgIpc) is 2.80. The van der Waals surface area contributed by atoms with E-state index in [4.69, 9.17) is 11.6 Å². The smallest absolute Gasteiger partial charge is 0.270 e. The van der Waals surface area contributed by atoms with Gasteiger partial charge in [-0.3, -0.25) is 14.9 Å². The van der Waals surface area contributed by atoms with Crippen molar-refractivity contribution in [1.82, 2.24) is 9.73 Å². The van der Waals surface area contributed by atoms with Crippen molar-refractivity contribution < 1.29 is 18.1 Å². The molecule has 11 heteroatoms. The summed E-state index contributed by atoms with van der Waals surface area (Å²) in [5.74, 6) is -0.690. The molecule has 0 aliphatic carbocycles. The molecule has 0 aliphatic rings. The first-order valence-electron chi connectivity index (χ1n) is 10.0. The van der Waals surface area contributed by atoms with Gasteiger partial charge in [-0.05, 0) is 30.7 Å². The van der Waals surface area contributed by atoms with Gasteiger partial charge in [0.2, 0.25) is 10.0 Å². The minimum atomic E-state index is -3.99. The van der Waals surface area contributed by atoms with E-state index in [1.54, 1.807) is 36.4 Å². The Labute approximate surface area is 201 Å². The number of non-ortho nitro benzene ring substituents is 1. The molecular weight excluding hydrogens is 480 g/mol. The SMILES string of the molecule is Cc1ccc(S(=O)(=O)N(CC(=O)N/N=C\c2cc([N+](=O)[O-])ccc2Cl)Cc2ccccc2)cc1. The van der Waals surface area contributed by atoms with Crippen molar-refractivity contribution in [2.45, 2.75) is 18.4 Å². The largest absolute Gasteiger partial charge is 0.272 e. The lowest BCUT2D eigenvalue weighted by atomic mass is 10.2. The number of hydrazone groups is 1. The summed E-state index contributed by atoms with van der Waals surface area (Å²) in [7, 11) is -3.99.